The van der Waals surface area contributed by atoms with Gasteiger partial charge in [-0.1, -0.05) is 0 Å². The Morgan fingerprint density at radius 1 is 1.14 bits per heavy atom. The highest BCUT2D eigenvalue weighted by Crippen LogP contribution is 2.30. The minimum atomic E-state index is -3.69. The number of benzene rings is 2. The molecule has 1 N–H and O–H groups in total. The summed E-state index contributed by atoms with van der Waals surface area (Å²) in [6, 6.07) is 10.5. The topological polar surface area (TPSA) is 66.8 Å². The second-order valence-electron chi connectivity index (χ2n) is 4.29. The van der Waals surface area contributed by atoms with Crippen molar-refractivity contribution >= 4 is 31.6 Å². The van der Waals surface area contributed by atoms with E-state index in [-0.39, 0.29) is 10.6 Å². The number of hydrogen-bond donors (Lipinski definition) is 1. The van der Waals surface area contributed by atoms with Gasteiger partial charge in [0.1, 0.15) is 11.5 Å². The van der Waals surface area contributed by atoms with Crippen LogP contribution in [-0.4, -0.2) is 27.7 Å². The molecule has 0 fully saturated rings. The van der Waals surface area contributed by atoms with Crippen molar-refractivity contribution < 1.29 is 18.3 Å². The number of anilines is 1. The van der Waals surface area contributed by atoms with E-state index in [1.165, 1.54) is 50.6 Å². The minimum Gasteiger partial charge on any atom is -0.508 e. The lowest BCUT2D eigenvalue weighted by molar-refractivity contribution is 0.411. The van der Waals surface area contributed by atoms with Crippen molar-refractivity contribution in [1.82, 2.24) is 0 Å². The molecule has 0 saturated heterocycles. The Bertz CT molecular complexity index is 744. The fourth-order valence-corrected chi connectivity index (χ4v) is 3.68. The number of nitrogens with zero attached hydrogens (tertiary/aromatic N) is 1. The standard InChI is InChI=1S/C14H14BrNO4S/c1-16(10-3-5-11(17)6-4-10)21(18,19)12-7-8-14(20-2)13(15)9-12/h3-9,17H,1-2H3. The quantitative estimate of drug-likeness (QED) is 0.896. The van der Waals surface area contributed by atoms with E-state index in [0.29, 0.717) is 15.9 Å². The number of hydrogen-bond acceptors (Lipinski definition) is 4. The summed E-state index contributed by atoms with van der Waals surface area (Å²) in [5.41, 5.74) is 0.458. The number of aromatic hydroxyl groups is 1. The van der Waals surface area contributed by atoms with Crippen LogP contribution in [0.3, 0.4) is 0 Å². The summed E-state index contributed by atoms with van der Waals surface area (Å²) in [5.74, 6) is 0.637. The van der Waals surface area contributed by atoms with Gasteiger partial charge in [-0.3, -0.25) is 4.31 Å². The highest BCUT2D eigenvalue weighted by molar-refractivity contribution is 9.10. The normalized spacial score (nSPS) is 11.2. The number of phenols is 1. The van der Waals surface area contributed by atoms with Gasteiger partial charge in [-0.05, 0) is 58.4 Å². The SMILES string of the molecule is COc1ccc(S(=O)(=O)N(C)c2ccc(O)cc2)cc1Br. The highest BCUT2D eigenvalue weighted by atomic mass is 79.9. The maximum atomic E-state index is 12.6. The van der Waals surface area contributed by atoms with Crippen LogP contribution in [0.15, 0.2) is 51.8 Å². The molecular formula is C14H14BrNO4S. The van der Waals surface area contributed by atoms with Crippen LogP contribution in [0.4, 0.5) is 5.69 Å². The molecule has 0 unspecified atom stereocenters. The van der Waals surface area contributed by atoms with Crippen LogP contribution in [0, 0.1) is 0 Å². The Balaban J connectivity index is 2.41. The van der Waals surface area contributed by atoms with E-state index in [4.69, 9.17) is 4.74 Å². The van der Waals surface area contributed by atoms with Gasteiger partial charge < -0.3 is 9.84 Å². The summed E-state index contributed by atoms with van der Waals surface area (Å²) in [6.45, 7) is 0. The first kappa shape index (κ1) is 15.7. The van der Waals surface area contributed by atoms with Crippen LogP contribution >= 0.6 is 15.9 Å². The van der Waals surface area contributed by atoms with Crippen LogP contribution in [0.1, 0.15) is 0 Å². The first-order chi connectivity index (χ1) is 9.86. The minimum absolute atomic E-state index is 0.0803. The average molecular weight is 372 g/mol. The van der Waals surface area contributed by atoms with E-state index in [1.54, 1.807) is 6.07 Å². The first-order valence-electron chi connectivity index (χ1n) is 5.98. The van der Waals surface area contributed by atoms with E-state index in [0.717, 1.165) is 4.31 Å². The van der Waals surface area contributed by atoms with E-state index in [9.17, 15) is 13.5 Å². The van der Waals surface area contributed by atoms with E-state index >= 15 is 0 Å². The lowest BCUT2D eigenvalue weighted by Crippen LogP contribution is -2.26. The number of methoxy groups -OCH3 is 1. The molecule has 0 bridgehead atoms. The summed E-state index contributed by atoms with van der Waals surface area (Å²) >= 11 is 3.27. The molecular weight excluding hydrogens is 358 g/mol. The molecule has 0 aromatic heterocycles. The molecule has 0 aliphatic rings. The van der Waals surface area contributed by atoms with Gasteiger partial charge >= 0.3 is 0 Å². The van der Waals surface area contributed by atoms with Crippen molar-refractivity contribution in [2.45, 2.75) is 4.90 Å². The molecule has 0 aliphatic carbocycles. The number of rotatable bonds is 4. The van der Waals surface area contributed by atoms with Crippen molar-refractivity contribution in [2.75, 3.05) is 18.5 Å². The van der Waals surface area contributed by atoms with Gasteiger partial charge in [-0.15, -0.1) is 0 Å². The summed E-state index contributed by atoms with van der Waals surface area (Å²) in [5, 5.41) is 9.26. The van der Waals surface area contributed by atoms with Crippen LogP contribution in [0.25, 0.3) is 0 Å². The summed E-state index contributed by atoms with van der Waals surface area (Å²) in [7, 11) is -0.717. The van der Waals surface area contributed by atoms with Crippen molar-refractivity contribution in [2.24, 2.45) is 0 Å². The zero-order chi connectivity index (χ0) is 15.6. The molecule has 0 aliphatic heterocycles. The Morgan fingerprint density at radius 2 is 1.76 bits per heavy atom. The number of phenolic OH excluding ortho intramolecular Hbond substituents is 1. The van der Waals surface area contributed by atoms with Crippen molar-refractivity contribution in [3.8, 4) is 11.5 Å². The van der Waals surface area contributed by atoms with Gasteiger partial charge in [0, 0.05) is 7.05 Å². The first-order valence-corrected chi connectivity index (χ1v) is 8.21. The molecule has 5 nitrogen and oxygen atoms in total. The van der Waals surface area contributed by atoms with Crippen molar-refractivity contribution in [3.63, 3.8) is 0 Å². The summed E-state index contributed by atoms with van der Waals surface area (Å²) in [4.78, 5) is 0.144. The third kappa shape index (κ3) is 3.14. The predicted molar refractivity (Wildman–Crippen MR) is 84.4 cm³/mol. The average Bonchev–Trinajstić information content (AvgIpc) is 2.47. The molecule has 2 rings (SSSR count). The number of halogens is 1. The Morgan fingerprint density at radius 3 is 2.29 bits per heavy atom. The van der Waals surface area contributed by atoms with Crippen molar-refractivity contribution in [1.29, 1.82) is 0 Å². The molecule has 0 saturated carbocycles. The van der Waals surface area contributed by atoms with Crippen molar-refractivity contribution in [3.05, 3.63) is 46.9 Å². The van der Waals surface area contributed by atoms with Gasteiger partial charge in [0.25, 0.3) is 10.0 Å². The molecule has 2 aromatic carbocycles. The maximum Gasteiger partial charge on any atom is 0.264 e. The third-order valence-electron chi connectivity index (χ3n) is 2.99. The fourth-order valence-electron chi connectivity index (χ4n) is 1.77. The number of sulfonamides is 1. The second kappa shape index (κ2) is 5.95. The Labute approximate surface area is 132 Å². The smallest absolute Gasteiger partial charge is 0.264 e. The third-order valence-corrected chi connectivity index (χ3v) is 5.40. The lowest BCUT2D eigenvalue weighted by atomic mass is 10.3. The molecule has 0 spiro atoms. The van der Waals surface area contributed by atoms with Gasteiger partial charge in [-0.25, -0.2) is 8.42 Å². The molecule has 21 heavy (non-hydrogen) atoms. The maximum absolute atomic E-state index is 12.6. The Kier molecular flexibility index (Phi) is 4.43. The Hall–Kier alpha value is -1.73. The predicted octanol–water partition coefficient (Wildman–Crippen LogP) is 2.99. The molecule has 7 heteroatoms. The molecule has 0 atom stereocenters. The molecule has 0 heterocycles. The van der Waals surface area contributed by atoms with Gasteiger partial charge in [0.05, 0.1) is 22.2 Å². The zero-order valence-corrected chi connectivity index (χ0v) is 13.8. The zero-order valence-electron chi connectivity index (χ0n) is 11.4. The molecule has 2 aromatic rings. The highest BCUT2D eigenvalue weighted by Gasteiger charge is 2.22. The molecule has 112 valence electrons. The van der Waals surface area contributed by atoms with Gasteiger partial charge in [0.2, 0.25) is 0 Å². The van der Waals surface area contributed by atoms with E-state index in [2.05, 4.69) is 15.9 Å². The molecule has 0 radical (unpaired) electrons. The summed E-state index contributed by atoms with van der Waals surface area (Å²) in [6.07, 6.45) is 0. The number of ether oxygens (including phenoxy) is 1. The van der Waals surface area contributed by atoms with Gasteiger partial charge in [-0.2, -0.15) is 0 Å². The van der Waals surface area contributed by atoms with Crippen LogP contribution in [-0.2, 0) is 10.0 Å². The summed E-state index contributed by atoms with van der Waals surface area (Å²) < 4.78 is 31.9. The van der Waals surface area contributed by atoms with E-state index in [1.807, 2.05) is 0 Å². The van der Waals surface area contributed by atoms with E-state index < -0.39 is 10.0 Å². The van der Waals surface area contributed by atoms with Crippen LogP contribution < -0.4 is 9.04 Å². The monoisotopic (exact) mass is 371 g/mol. The van der Waals surface area contributed by atoms with Gasteiger partial charge in [0.15, 0.2) is 0 Å². The second-order valence-corrected chi connectivity index (χ2v) is 7.11. The largest absolute Gasteiger partial charge is 0.508 e. The van der Waals surface area contributed by atoms with Crippen LogP contribution in [0.2, 0.25) is 0 Å². The van der Waals surface area contributed by atoms with Crippen LogP contribution in [0.5, 0.6) is 11.5 Å². The fraction of sp³-hybridized carbons (Fsp3) is 0.143. The molecule has 0 amide bonds. The lowest BCUT2D eigenvalue weighted by Gasteiger charge is -2.20.